The van der Waals surface area contributed by atoms with Gasteiger partial charge in [-0.2, -0.15) is 0 Å². The zero-order valence-corrected chi connectivity index (χ0v) is 11.1. The Morgan fingerprint density at radius 2 is 2.00 bits per heavy atom. The summed E-state index contributed by atoms with van der Waals surface area (Å²) in [6, 6.07) is 5.60. The van der Waals surface area contributed by atoms with E-state index < -0.39 is 0 Å². The van der Waals surface area contributed by atoms with Crippen molar-refractivity contribution in [3.05, 3.63) is 34.6 Å². The second-order valence-electron chi connectivity index (χ2n) is 5.21. The van der Waals surface area contributed by atoms with Gasteiger partial charge in [0, 0.05) is 37.8 Å². The molecule has 0 unspecified atom stereocenters. The molecule has 1 aromatic rings. The van der Waals surface area contributed by atoms with Crippen LogP contribution in [0, 0.1) is 11.7 Å². The number of hydrogen-bond acceptors (Lipinski definition) is 2. The van der Waals surface area contributed by atoms with Crippen LogP contribution in [-0.2, 0) is 0 Å². The number of benzene rings is 1. The van der Waals surface area contributed by atoms with Crippen molar-refractivity contribution in [1.29, 1.82) is 0 Å². The fourth-order valence-corrected chi connectivity index (χ4v) is 3.05. The van der Waals surface area contributed by atoms with Crippen molar-refractivity contribution in [2.75, 3.05) is 26.2 Å². The Morgan fingerprint density at radius 1 is 1.28 bits per heavy atom. The molecule has 3 rings (SSSR count). The van der Waals surface area contributed by atoms with Crippen LogP contribution in [0.1, 0.15) is 24.4 Å². The maximum atomic E-state index is 14.2. The fourth-order valence-electron chi connectivity index (χ4n) is 2.87. The fraction of sp³-hybridized carbons (Fsp3) is 0.571. The second kappa shape index (κ2) is 5.16. The topological polar surface area (TPSA) is 15.3 Å². The van der Waals surface area contributed by atoms with Crippen molar-refractivity contribution in [3.63, 3.8) is 0 Å². The van der Waals surface area contributed by atoms with Crippen LogP contribution in [0.25, 0.3) is 0 Å². The van der Waals surface area contributed by atoms with Gasteiger partial charge in [-0.3, -0.25) is 4.90 Å². The molecule has 0 aromatic heterocycles. The van der Waals surface area contributed by atoms with Gasteiger partial charge in [0.15, 0.2) is 0 Å². The van der Waals surface area contributed by atoms with Crippen LogP contribution in [-0.4, -0.2) is 31.1 Å². The Balaban J connectivity index is 1.90. The highest BCUT2D eigenvalue weighted by molar-refractivity contribution is 6.30. The van der Waals surface area contributed by atoms with Gasteiger partial charge >= 0.3 is 0 Å². The molecule has 0 bridgehead atoms. The van der Waals surface area contributed by atoms with Gasteiger partial charge in [0.1, 0.15) is 5.82 Å². The lowest BCUT2D eigenvalue weighted by molar-refractivity contribution is 0.153. The van der Waals surface area contributed by atoms with Crippen LogP contribution < -0.4 is 5.32 Å². The standard InChI is InChI=1S/C14H18ClFN2/c15-12-3-1-2-11(13(12)16)14(10-4-5-10)18-8-6-17-7-9-18/h1-3,10,14,17H,4-9H2/t14-/m1/s1. The summed E-state index contributed by atoms with van der Waals surface area (Å²) in [5.41, 5.74) is 0.784. The lowest BCUT2D eigenvalue weighted by atomic mass is 9.99. The zero-order chi connectivity index (χ0) is 12.5. The molecule has 18 heavy (non-hydrogen) atoms. The number of nitrogens with zero attached hydrogens (tertiary/aromatic N) is 1. The maximum Gasteiger partial charge on any atom is 0.146 e. The van der Waals surface area contributed by atoms with Gasteiger partial charge in [0.2, 0.25) is 0 Å². The Morgan fingerprint density at radius 3 is 2.67 bits per heavy atom. The Kier molecular flexibility index (Phi) is 3.55. The third kappa shape index (κ3) is 2.40. The molecule has 98 valence electrons. The number of hydrogen-bond donors (Lipinski definition) is 1. The first-order chi connectivity index (χ1) is 8.77. The quantitative estimate of drug-likeness (QED) is 0.907. The van der Waals surface area contributed by atoms with Gasteiger partial charge in [0.25, 0.3) is 0 Å². The molecule has 1 aliphatic carbocycles. The SMILES string of the molecule is Fc1c(Cl)cccc1[C@@H](C1CC1)N1CCNCC1. The molecule has 1 atom stereocenters. The van der Waals surface area contributed by atoms with Gasteiger partial charge in [-0.05, 0) is 24.8 Å². The van der Waals surface area contributed by atoms with Crippen molar-refractivity contribution >= 4 is 11.6 Å². The summed E-state index contributed by atoms with van der Waals surface area (Å²) in [4.78, 5) is 2.41. The number of piperazine rings is 1. The van der Waals surface area contributed by atoms with Crippen LogP contribution in [0.2, 0.25) is 5.02 Å². The van der Waals surface area contributed by atoms with E-state index in [1.54, 1.807) is 6.07 Å². The average molecular weight is 269 g/mol. The van der Waals surface area contributed by atoms with E-state index in [2.05, 4.69) is 10.2 Å². The second-order valence-corrected chi connectivity index (χ2v) is 5.62. The summed E-state index contributed by atoms with van der Waals surface area (Å²) >= 11 is 5.92. The predicted octanol–water partition coefficient (Wildman–Crippen LogP) is 2.84. The number of rotatable bonds is 3. The molecule has 2 aliphatic rings. The normalized spacial score (nSPS) is 23.0. The molecule has 2 fully saturated rings. The summed E-state index contributed by atoms with van der Waals surface area (Å²) in [5, 5.41) is 3.59. The van der Waals surface area contributed by atoms with Crippen LogP contribution in [0.5, 0.6) is 0 Å². The molecular formula is C14H18ClFN2. The third-order valence-corrected chi connectivity index (χ3v) is 4.21. The van der Waals surface area contributed by atoms with Crippen molar-refractivity contribution < 1.29 is 4.39 Å². The average Bonchev–Trinajstić information content (AvgIpc) is 3.21. The lowest BCUT2D eigenvalue weighted by Gasteiger charge is -2.35. The third-order valence-electron chi connectivity index (χ3n) is 3.91. The maximum absolute atomic E-state index is 14.2. The lowest BCUT2D eigenvalue weighted by Crippen LogP contribution is -2.45. The minimum Gasteiger partial charge on any atom is -0.314 e. The largest absolute Gasteiger partial charge is 0.314 e. The Hall–Kier alpha value is -0.640. The van der Waals surface area contributed by atoms with E-state index in [9.17, 15) is 4.39 Å². The zero-order valence-electron chi connectivity index (χ0n) is 10.3. The van der Waals surface area contributed by atoms with Gasteiger partial charge in [-0.1, -0.05) is 23.7 Å². The summed E-state index contributed by atoms with van der Waals surface area (Å²) in [5.74, 6) is 0.380. The van der Waals surface area contributed by atoms with E-state index in [4.69, 9.17) is 11.6 Å². The van der Waals surface area contributed by atoms with E-state index in [1.807, 2.05) is 12.1 Å². The monoisotopic (exact) mass is 268 g/mol. The van der Waals surface area contributed by atoms with Crippen molar-refractivity contribution in [2.24, 2.45) is 5.92 Å². The van der Waals surface area contributed by atoms with Crippen molar-refractivity contribution in [3.8, 4) is 0 Å². The highest BCUT2D eigenvalue weighted by Crippen LogP contribution is 2.45. The van der Waals surface area contributed by atoms with E-state index in [0.29, 0.717) is 5.92 Å². The summed E-state index contributed by atoms with van der Waals surface area (Å²) < 4.78 is 14.2. The number of nitrogens with one attached hydrogen (secondary N) is 1. The molecule has 2 nitrogen and oxygen atoms in total. The molecule has 0 radical (unpaired) electrons. The van der Waals surface area contributed by atoms with Gasteiger partial charge in [-0.15, -0.1) is 0 Å². The van der Waals surface area contributed by atoms with Crippen LogP contribution in [0.3, 0.4) is 0 Å². The first kappa shape index (κ1) is 12.4. The smallest absolute Gasteiger partial charge is 0.146 e. The van der Waals surface area contributed by atoms with Crippen LogP contribution in [0.15, 0.2) is 18.2 Å². The molecule has 1 aromatic carbocycles. The van der Waals surface area contributed by atoms with E-state index in [-0.39, 0.29) is 16.9 Å². The minimum absolute atomic E-state index is 0.214. The molecular weight excluding hydrogens is 251 g/mol. The molecule has 0 amide bonds. The summed E-state index contributed by atoms with van der Waals surface area (Å²) in [7, 11) is 0. The number of halogens is 2. The highest BCUT2D eigenvalue weighted by Gasteiger charge is 2.38. The van der Waals surface area contributed by atoms with Gasteiger partial charge in [0.05, 0.1) is 5.02 Å². The molecule has 1 saturated carbocycles. The summed E-state index contributed by atoms with van der Waals surface area (Å²) in [6.07, 6.45) is 2.42. The first-order valence-corrected chi connectivity index (χ1v) is 7.04. The Labute approximate surface area is 112 Å². The molecule has 1 heterocycles. The van der Waals surface area contributed by atoms with Crippen molar-refractivity contribution in [1.82, 2.24) is 10.2 Å². The molecule has 1 N–H and O–H groups in total. The van der Waals surface area contributed by atoms with E-state index >= 15 is 0 Å². The summed E-state index contributed by atoms with van der Waals surface area (Å²) in [6.45, 7) is 3.97. The molecule has 4 heteroatoms. The van der Waals surface area contributed by atoms with Gasteiger partial charge < -0.3 is 5.32 Å². The van der Waals surface area contributed by atoms with Gasteiger partial charge in [-0.25, -0.2) is 4.39 Å². The molecule has 1 aliphatic heterocycles. The molecule has 1 saturated heterocycles. The molecule has 0 spiro atoms. The van der Waals surface area contributed by atoms with E-state index in [1.165, 1.54) is 12.8 Å². The Bertz CT molecular complexity index is 428. The van der Waals surface area contributed by atoms with Crippen molar-refractivity contribution in [2.45, 2.75) is 18.9 Å². The van der Waals surface area contributed by atoms with Crippen LogP contribution in [0.4, 0.5) is 4.39 Å². The highest BCUT2D eigenvalue weighted by atomic mass is 35.5. The first-order valence-electron chi connectivity index (χ1n) is 6.66. The van der Waals surface area contributed by atoms with Crippen LogP contribution >= 0.6 is 11.6 Å². The van der Waals surface area contributed by atoms with E-state index in [0.717, 1.165) is 31.7 Å². The minimum atomic E-state index is -0.227. The predicted molar refractivity (Wildman–Crippen MR) is 71.3 cm³/mol.